The zero-order chi connectivity index (χ0) is 23.3. The van der Waals surface area contributed by atoms with E-state index in [2.05, 4.69) is 14.7 Å². The summed E-state index contributed by atoms with van der Waals surface area (Å²) < 4.78 is 54.4. The molecule has 11 heteroatoms. The fourth-order valence-electron chi connectivity index (χ4n) is 2.58. The molecule has 1 N–H and O–H groups in total. The van der Waals surface area contributed by atoms with Crippen molar-refractivity contribution >= 4 is 17.6 Å². The molecule has 0 saturated carbocycles. The van der Waals surface area contributed by atoms with Crippen molar-refractivity contribution in [1.82, 2.24) is 9.97 Å². The van der Waals surface area contributed by atoms with E-state index >= 15 is 0 Å². The molecular formula is C21H16ClF3N2O5. The Morgan fingerprint density at radius 2 is 1.81 bits per heavy atom. The number of aromatic amines is 1. The Balaban J connectivity index is 1.56. The lowest BCUT2D eigenvalue weighted by Gasteiger charge is -2.12. The van der Waals surface area contributed by atoms with Crippen LogP contribution < -0.4 is 19.8 Å². The highest BCUT2D eigenvalue weighted by atomic mass is 35.5. The average Bonchev–Trinajstić information content (AvgIpc) is 2.71. The molecule has 0 bridgehead atoms. The summed E-state index contributed by atoms with van der Waals surface area (Å²) >= 11 is 5.60. The zero-order valence-corrected chi connectivity index (χ0v) is 17.3. The largest absolute Gasteiger partial charge is 0.464 e. The van der Waals surface area contributed by atoms with Gasteiger partial charge in [-0.05, 0) is 35.9 Å². The number of carbonyl (C=O) groups excluding carboxylic acids is 1. The number of carbonyl (C=O) groups is 1. The molecule has 3 aromatic rings. The summed E-state index contributed by atoms with van der Waals surface area (Å²) in [6.07, 6.45) is -3.04. The molecule has 0 aliphatic carbocycles. The van der Waals surface area contributed by atoms with Gasteiger partial charge in [0, 0.05) is 13.3 Å². The quantitative estimate of drug-likeness (QED) is 0.502. The molecule has 0 radical (unpaired) electrons. The first-order chi connectivity index (χ1) is 15.1. The van der Waals surface area contributed by atoms with Gasteiger partial charge in [-0.25, -0.2) is 4.98 Å². The van der Waals surface area contributed by atoms with Gasteiger partial charge in [0.25, 0.3) is 11.6 Å². The first-order valence-electron chi connectivity index (χ1n) is 9.16. The van der Waals surface area contributed by atoms with Crippen LogP contribution in [-0.4, -0.2) is 22.5 Å². The number of benzene rings is 2. The van der Waals surface area contributed by atoms with Crippen LogP contribution in [0.4, 0.5) is 13.2 Å². The van der Waals surface area contributed by atoms with Crippen molar-refractivity contribution in [1.29, 1.82) is 0 Å². The average molecular weight is 469 g/mol. The highest BCUT2D eigenvalue weighted by Crippen LogP contribution is 2.37. The van der Waals surface area contributed by atoms with Crippen LogP contribution in [0.2, 0.25) is 5.02 Å². The third-order valence-corrected chi connectivity index (χ3v) is 4.36. The number of alkyl halides is 3. The van der Waals surface area contributed by atoms with Crippen molar-refractivity contribution in [3.05, 3.63) is 75.2 Å². The van der Waals surface area contributed by atoms with Crippen LogP contribution >= 0.6 is 11.6 Å². The highest BCUT2D eigenvalue weighted by molar-refractivity contribution is 6.31. The highest BCUT2D eigenvalue weighted by Gasteiger charge is 2.33. The van der Waals surface area contributed by atoms with Crippen molar-refractivity contribution in [2.24, 2.45) is 0 Å². The molecule has 0 fully saturated rings. The second-order valence-electron chi connectivity index (χ2n) is 6.46. The Hall–Kier alpha value is -3.53. The van der Waals surface area contributed by atoms with Crippen LogP contribution in [0.15, 0.2) is 53.5 Å². The minimum absolute atomic E-state index is 0.00466. The monoisotopic (exact) mass is 468 g/mol. The minimum atomic E-state index is -4.58. The predicted octanol–water partition coefficient (Wildman–Crippen LogP) is 4.78. The summed E-state index contributed by atoms with van der Waals surface area (Å²) in [4.78, 5) is 28.8. The van der Waals surface area contributed by atoms with E-state index in [1.54, 1.807) is 24.3 Å². The zero-order valence-electron chi connectivity index (χ0n) is 16.5. The maximum Gasteiger partial charge on any atom is 0.417 e. The molecule has 0 saturated heterocycles. The number of nitrogens with one attached hydrogen (secondary N) is 1. The molecule has 2 aromatic carbocycles. The fraction of sp³-hybridized carbons (Fsp3) is 0.190. The number of hydrogen-bond donors (Lipinski definition) is 1. The van der Waals surface area contributed by atoms with Gasteiger partial charge in [-0.15, -0.1) is 0 Å². The van der Waals surface area contributed by atoms with Crippen LogP contribution in [0.5, 0.6) is 23.3 Å². The number of ether oxygens (including phenoxy) is 3. The van der Waals surface area contributed by atoms with E-state index in [0.29, 0.717) is 12.2 Å². The van der Waals surface area contributed by atoms with Crippen LogP contribution in [0.25, 0.3) is 0 Å². The molecule has 0 aliphatic rings. The number of esters is 1. The van der Waals surface area contributed by atoms with E-state index in [-0.39, 0.29) is 24.1 Å². The molecular weight excluding hydrogens is 453 g/mol. The van der Waals surface area contributed by atoms with Crippen molar-refractivity contribution in [2.75, 3.05) is 6.61 Å². The van der Waals surface area contributed by atoms with Gasteiger partial charge >= 0.3 is 12.1 Å². The number of rotatable bonds is 7. The summed E-state index contributed by atoms with van der Waals surface area (Å²) in [7, 11) is 0. The van der Waals surface area contributed by atoms with Crippen molar-refractivity contribution in [3.8, 4) is 23.3 Å². The van der Waals surface area contributed by atoms with Gasteiger partial charge in [0.05, 0.1) is 23.4 Å². The van der Waals surface area contributed by atoms with E-state index in [4.69, 9.17) is 21.1 Å². The number of halogens is 4. The second kappa shape index (κ2) is 9.73. The number of nitrogens with zero attached hydrogens (tertiary/aromatic N) is 1. The Morgan fingerprint density at radius 1 is 1.12 bits per heavy atom. The smallest absolute Gasteiger partial charge is 0.417 e. The van der Waals surface area contributed by atoms with Gasteiger partial charge in [0.15, 0.2) is 0 Å². The van der Waals surface area contributed by atoms with E-state index in [1.807, 2.05) is 0 Å². The third-order valence-electron chi connectivity index (χ3n) is 4.03. The fourth-order valence-corrected chi connectivity index (χ4v) is 2.80. The first-order valence-corrected chi connectivity index (χ1v) is 9.53. The maximum atomic E-state index is 13.0. The van der Waals surface area contributed by atoms with Gasteiger partial charge < -0.3 is 14.2 Å². The maximum absolute atomic E-state index is 13.0. The lowest BCUT2D eigenvalue weighted by atomic mass is 10.1. The molecule has 3 rings (SSSR count). The van der Waals surface area contributed by atoms with Crippen LogP contribution in [0, 0.1) is 0 Å². The summed E-state index contributed by atoms with van der Waals surface area (Å²) in [6.45, 7) is 1.34. The molecule has 0 spiro atoms. The summed E-state index contributed by atoms with van der Waals surface area (Å²) in [5.41, 5.74) is -0.774. The molecule has 0 unspecified atom stereocenters. The first kappa shape index (κ1) is 23.1. The number of aromatic nitrogens is 2. The third kappa shape index (κ3) is 6.24. The molecule has 7 nitrogen and oxygen atoms in total. The van der Waals surface area contributed by atoms with Gasteiger partial charge in [-0.1, -0.05) is 23.7 Å². The SMILES string of the molecule is CC(=O)Oc1cnc(OCCc2ccc(Oc3ccc(Cl)c(C(F)(F)F)c3)cc2)[nH]c1=O. The van der Waals surface area contributed by atoms with Crippen molar-refractivity contribution in [2.45, 2.75) is 19.5 Å². The van der Waals surface area contributed by atoms with Crippen LogP contribution in [-0.2, 0) is 17.4 Å². The van der Waals surface area contributed by atoms with Gasteiger partial charge in [0.1, 0.15) is 11.5 Å². The lowest BCUT2D eigenvalue weighted by Crippen LogP contribution is -2.16. The van der Waals surface area contributed by atoms with Crippen LogP contribution in [0.1, 0.15) is 18.1 Å². The number of hydrogen-bond acceptors (Lipinski definition) is 6. The van der Waals surface area contributed by atoms with Crippen molar-refractivity contribution < 1.29 is 32.2 Å². The van der Waals surface area contributed by atoms with E-state index < -0.39 is 28.3 Å². The van der Waals surface area contributed by atoms with E-state index in [1.165, 1.54) is 6.07 Å². The van der Waals surface area contributed by atoms with Gasteiger partial charge in [0.2, 0.25) is 5.75 Å². The molecule has 168 valence electrons. The topological polar surface area (TPSA) is 90.5 Å². The summed E-state index contributed by atoms with van der Waals surface area (Å²) in [5, 5.41) is -0.406. The predicted molar refractivity (Wildman–Crippen MR) is 108 cm³/mol. The normalized spacial score (nSPS) is 11.2. The molecule has 1 aromatic heterocycles. The van der Waals surface area contributed by atoms with Crippen molar-refractivity contribution in [3.63, 3.8) is 0 Å². The lowest BCUT2D eigenvalue weighted by molar-refractivity contribution is -0.137. The molecule has 1 heterocycles. The van der Waals surface area contributed by atoms with E-state index in [9.17, 15) is 22.8 Å². The van der Waals surface area contributed by atoms with E-state index in [0.717, 1.165) is 30.8 Å². The molecule has 0 atom stereocenters. The standard InChI is InChI=1S/C21H16ClF3N2O5/c1-12(28)31-18-11-26-20(27-19(18)29)30-9-8-13-2-4-14(5-3-13)32-15-6-7-17(22)16(10-15)21(23,24)25/h2-7,10-11H,8-9H2,1H3,(H,26,27,29). The van der Waals surface area contributed by atoms with Gasteiger partial charge in [-0.2, -0.15) is 13.2 Å². The molecule has 0 amide bonds. The van der Waals surface area contributed by atoms with Gasteiger partial charge in [-0.3, -0.25) is 14.6 Å². The Bertz CT molecular complexity index is 1160. The second-order valence-corrected chi connectivity index (χ2v) is 6.87. The number of H-pyrrole nitrogens is 1. The molecule has 0 aliphatic heterocycles. The van der Waals surface area contributed by atoms with Crippen LogP contribution in [0.3, 0.4) is 0 Å². The summed E-state index contributed by atoms with van der Waals surface area (Å²) in [6, 6.07) is 9.93. The Kier molecular flexibility index (Phi) is 7.04. The summed E-state index contributed by atoms with van der Waals surface area (Å²) in [5.74, 6) is -0.527. The molecule has 32 heavy (non-hydrogen) atoms. The Labute approximate surface area is 184 Å². The minimum Gasteiger partial charge on any atom is -0.464 e. The Morgan fingerprint density at radius 3 is 2.44 bits per heavy atom.